The van der Waals surface area contributed by atoms with Gasteiger partial charge in [0.1, 0.15) is 0 Å². The molecule has 2 unspecified atom stereocenters. The van der Waals surface area contributed by atoms with Crippen LogP contribution in [0.4, 0.5) is 11.6 Å². The zero-order valence-electron chi connectivity index (χ0n) is 21.5. The van der Waals surface area contributed by atoms with Gasteiger partial charge in [0.05, 0.1) is 11.9 Å². The number of nitrogens with zero attached hydrogens (tertiary/aromatic N) is 5. The lowest BCUT2D eigenvalue weighted by Gasteiger charge is -2.43. The lowest BCUT2D eigenvalue weighted by Crippen LogP contribution is -2.34. The highest BCUT2D eigenvalue weighted by atomic mass is 15.4. The van der Waals surface area contributed by atoms with Crippen LogP contribution in [0.1, 0.15) is 51.0 Å². The fourth-order valence-corrected chi connectivity index (χ4v) is 6.38. The van der Waals surface area contributed by atoms with Crippen LogP contribution < -0.4 is 10.6 Å². The second-order valence-corrected chi connectivity index (χ2v) is 10.8. The SMILES string of the molecule is C=C(NCc1cccc(-n2nnc3cnc(Nc4ccccc4)nc32)c1)C1CC2CC(CC)CC(C2)C1. The van der Waals surface area contributed by atoms with Gasteiger partial charge in [-0.05, 0) is 85.6 Å². The third-order valence-corrected chi connectivity index (χ3v) is 8.20. The fraction of sp³-hybridized carbons (Fsp3) is 0.400. The Labute approximate surface area is 218 Å². The Hall–Kier alpha value is -3.74. The van der Waals surface area contributed by atoms with Crippen LogP contribution in [-0.4, -0.2) is 25.0 Å². The molecule has 37 heavy (non-hydrogen) atoms. The summed E-state index contributed by atoms with van der Waals surface area (Å²) in [6, 6.07) is 18.3. The normalized spacial score (nSPS) is 23.1. The number of para-hydroxylation sites is 1. The molecule has 2 fully saturated rings. The molecule has 0 amide bonds. The van der Waals surface area contributed by atoms with Gasteiger partial charge in [0.25, 0.3) is 0 Å². The van der Waals surface area contributed by atoms with Crippen molar-refractivity contribution in [3.05, 3.63) is 78.6 Å². The predicted octanol–water partition coefficient (Wildman–Crippen LogP) is 6.41. The number of hydrogen-bond donors (Lipinski definition) is 2. The zero-order chi connectivity index (χ0) is 25.2. The topological polar surface area (TPSA) is 80.5 Å². The standard InChI is InChI=1S/C30H35N7/c1-3-21-12-23-14-24(13-21)16-25(15-23)20(2)31-18-22-8-7-11-27(17-22)37-29-28(35-36-37)19-32-30(34-29)33-26-9-5-4-6-10-26/h4-11,17,19,21,23-25,31H,2-3,12-16,18H2,1H3,(H,32,33,34). The Balaban J connectivity index is 1.14. The van der Waals surface area contributed by atoms with Gasteiger partial charge in [0.15, 0.2) is 11.2 Å². The molecule has 0 saturated heterocycles. The molecule has 7 nitrogen and oxygen atoms in total. The average Bonchev–Trinajstić information content (AvgIpc) is 3.35. The Morgan fingerprint density at radius 3 is 2.59 bits per heavy atom. The maximum absolute atomic E-state index is 4.70. The smallest absolute Gasteiger partial charge is 0.229 e. The maximum atomic E-state index is 4.70. The number of anilines is 2. The van der Waals surface area contributed by atoms with E-state index >= 15 is 0 Å². The summed E-state index contributed by atoms with van der Waals surface area (Å²) in [7, 11) is 0. The largest absolute Gasteiger partial charge is 0.385 e. The highest BCUT2D eigenvalue weighted by Crippen LogP contribution is 2.47. The van der Waals surface area contributed by atoms with E-state index in [4.69, 9.17) is 4.98 Å². The molecule has 2 saturated carbocycles. The minimum absolute atomic E-state index is 0.513. The molecule has 2 aromatic carbocycles. The summed E-state index contributed by atoms with van der Waals surface area (Å²) in [5.41, 5.74) is 5.56. The van der Waals surface area contributed by atoms with Crippen molar-refractivity contribution >= 4 is 22.8 Å². The third-order valence-electron chi connectivity index (χ3n) is 8.20. The molecule has 2 aromatic heterocycles. The molecule has 0 aliphatic heterocycles. The number of hydrogen-bond acceptors (Lipinski definition) is 6. The van der Waals surface area contributed by atoms with E-state index in [1.54, 1.807) is 10.9 Å². The molecule has 2 N–H and O–H groups in total. The van der Waals surface area contributed by atoms with Crippen molar-refractivity contribution in [1.29, 1.82) is 0 Å². The Morgan fingerprint density at radius 1 is 1.00 bits per heavy atom. The molecule has 2 heterocycles. The minimum atomic E-state index is 0.513. The second kappa shape index (κ2) is 10.3. The molecule has 2 atom stereocenters. The summed E-state index contributed by atoms with van der Waals surface area (Å²) in [5.74, 6) is 3.81. The average molecular weight is 494 g/mol. The molecule has 0 spiro atoms. The van der Waals surface area contributed by atoms with Crippen molar-refractivity contribution in [2.45, 2.75) is 52.0 Å². The second-order valence-electron chi connectivity index (χ2n) is 10.8. The van der Waals surface area contributed by atoms with Gasteiger partial charge in [-0.2, -0.15) is 9.67 Å². The van der Waals surface area contributed by atoms with Gasteiger partial charge < -0.3 is 10.6 Å². The molecule has 190 valence electrons. The van der Waals surface area contributed by atoms with Gasteiger partial charge in [-0.1, -0.05) is 55.5 Å². The predicted molar refractivity (Wildman–Crippen MR) is 147 cm³/mol. The van der Waals surface area contributed by atoms with E-state index in [0.717, 1.165) is 35.7 Å². The third kappa shape index (κ3) is 5.22. The number of benzene rings is 2. The maximum Gasteiger partial charge on any atom is 0.229 e. The van der Waals surface area contributed by atoms with Crippen LogP contribution in [0, 0.1) is 23.7 Å². The molecular formula is C30H35N7. The summed E-state index contributed by atoms with van der Waals surface area (Å²) >= 11 is 0. The Kier molecular flexibility index (Phi) is 6.60. The molecule has 2 bridgehead atoms. The zero-order valence-corrected chi connectivity index (χ0v) is 21.5. The number of rotatable bonds is 8. The Bertz CT molecular complexity index is 1370. The molecule has 4 aromatic rings. The summed E-state index contributed by atoms with van der Waals surface area (Å²) in [5, 5.41) is 15.5. The number of allylic oxidation sites excluding steroid dienone is 1. The molecule has 7 heteroatoms. The number of aromatic nitrogens is 5. The van der Waals surface area contributed by atoms with Crippen molar-refractivity contribution in [3.63, 3.8) is 0 Å². The van der Waals surface area contributed by atoms with E-state index < -0.39 is 0 Å². The van der Waals surface area contributed by atoms with Gasteiger partial charge in [-0.15, -0.1) is 5.10 Å². The summed E-state index contributed by atoms with van der Waals surface area (Å²) < 4.78 is 1.78. The van der Waals surface area contributed by atoms with Crippen LogP contribution in [0.3, 0.4) is 0 Å². The highest BCUT2D eigenvalue weighted by Gasteiger charge is 2.36. The molecule has 2 aliphatic rings. The van der Waals surface area contributed by atoms with Crippen LogP contribution in [0.25, 0.3) is 16.9 Å². The first kappa shape index (κ1) is 23.6. The molecule has 6 rings (SSSR count). The quantitative estimate of drug-likeness (QED) is 0.295. The van der Waals surface area contributed by atoms with Crippen molar-refractivity contribution in [2.24, 2.45) is 23.7 Å². The first-order chi connectivity index (χ1) is 18.1. The van der Waals surface area contributed by atoms with Crippen LogP contribution in [0.15, 0.2) is 73.1 Å². The minimum Gasteiger partial charge on any atom is -0.385 e. The summed E-state index contributed by atoms with van der Waals surface area (Å²) in [6.07, 6.45) is 9.89. The fourth-order valence-electron chi connectivity index (χ4n) is 6.38. The van der Waals surface area contributed by atoms with Crippen LogP contribution in [-0.2, 0) is 6.54 Å². The van der Waals surface area contributed by atoms with Crippen molar-refractivity contribution < 1.29 is 0 Å². The Morgan fingerprint density at radius 2 is 1.81 bits per heavy atom. The van der Waals surface area contributed by atoms with Crippen molar-refractivity contribution in [1.82, 2.24) is 30.3 Å². The van der Waals surface area contributed by atoms with E-state index in [-0.39, 0.29) is 0 Å². The van der Waals surface area contributed by atoms with Gasteiger partial charge >= 0.3 is 0 Å². The first-order valence-corrected chi connectivity index (χ1v) is 13.6. The van der Waals surface area contributed by atoms with E-state index in [1.165, 1.54) is 49.8 Å². The van der Waals surface area contributed by atoms with Crippen LogP contribution in [0.2, 0.25) is 0 Å². The number of nitrogens with one attached hydrogen (secondary N) is 2. The van der Waals surface area contributed by atoms with Crippen LogP contribution >= 0.6 is 0 Å². The summed E-state index contributed by atoms with van der Waals surface area (Å²) in [4.78, 5) is 9.09. The van der Waals surface area contributed by atoms with E-state index in [9.17, 15) is 0 Å². The van der Waals surface area contributed by atoms with Gasteiger partial charge in [-0.3, -0.25) is 0 Å². The highest BCUT2D eigenvalue weighted by molar-refractivity contribution is 5.72. The summed E-state index contributed by atoms with van der Waals surface area (Å²) in [6.45, 7) is 7.56. The first-order valence-electron chi connectivity index (χ1n) is 13.6. The van der Waals surface area contributed by atoms with E-state index in [0.29, 0.717) is 23.0 Å². The van der Waals surface area contributed by atoms with E-state index in [2.05, 4.69) is 57.6 Å². The lowest BCUT2D eigenvalue weighted by molar-refractivity contribution is 0.105. The van der Waals surface area contributed by atoms with Gasteiger partial charge in [0, 0.05) is 17.9 Å². The van der Waals surface area contributed by atoms with Crippen molar-refractivity contribution in [2.75, 3.05) is 5.32 Å². The van der Waals surface area contributed by atoms with Gasteiger partial charge in [-0.25, -0.2) is 4.98 Å². The molecule has 0 radical (unpaired) electrons. The monoisotopic (exact) mass is 493 g/mol. The molecular weight excluding hydrogens is 458 g/mol. The van der Waals surface area contributed by atoms with Gasteiger partial charge in [0.2, 0.25) is 5.95 Å². The van der Waals surface area contributed by atoms with Crippen LogP contribution in [0.5, 0.6) is 0 Å². The number of fused-ring (bicyclic) bond motifs is 3. The molecule has 2 aliphatic carbocycles. The lowest BCUT2D eigenvalue weighted by atomic mass is 9.63. The van der Waals surface area contributed by atoms with E-state index in [1.807, 2.05) is 36.4 Å². The van der Waals surface area contributed by atoms with Crippen molar-refractivity contribution in [3.8, 4) is 5.69 Å².